The third-order valence-electron chi connectivity index (χ3n) is 15.8. The Bertz CT molecular complexity index is 4160. The van der Waals surface area contributed by atoms with Gasteiger partial charge in [-0.05, 0) is 97.7 Å². The number of sulfonamides is 2. The molecule has 6 aromatic rings. The maximum Gasteiger partial charge on any atom is 0.406 e. The fourth-order valence-corrected chi connectivity index (χ4v) is 16.6. The number of methoxy groups -OCH3 is 3. The number of ether oxygens (including phenoxy) is 3. The lowest BCUT2D eigenvalue weighted by molar-refractivity contribution is -0.140. The van der Waals surface area contributed by atoms with Gasteiger partial charge in [0.1, 0.15) is 44.3 Å². The average Bonchev–Trinajstić information content (AvgIpc) is 1.72. The van der Waals surface area contributed by atoms with Crippen molar-refractivity contribution < 1.29 is 74.2 Å². The molecule has 3 fully saturated rings. The zero-order valence-electron chi connectivity index (χ0n) is 49.2. The summed E-state index contributed by atoms with van der Waals surface area (Å²) in [6, 6.07) is 19.3. The lowest BCUT2D eigenvalue weighted by Gasteiger charge is -2.35. The Morgan fingerprint density at radius 3 is 1.65 bits per heavy atom. The van der Waals surface area contributed by atoms with Gasteiger partial charge in [-0.2, -0.15) is 35.0 Å². The van der Waals surface area contributed by atoms with Gasteiger partial charge in [-0.25, -0.2) is 33.7 Å². The minimum absolute atomic E-state index is 0.0136. The Balaban J connectivity index is 0.892. The summed E-state index contributed by atoms with van der Waals surface area (Å²) >= 11 is 0. The second-order valence-corrected chi connectivity index (χ2v) is 30.5. The van der Waals surface area contributed by atoms with E-state index >= 15 is 0 Å². The Morgan fingerprint density at radius 2 is 1.12 bits per heavy atom. The van der Waals surface area contributed by atoms with Gasteiger partial charge in [0.2, 0.25) is 20.0 Å². The van der Waals surface area contributed by atoms with Crippen molar-refractivity contribution >= 4 is 84.3 Å². The number of halogens is 6. The van der Waals surface area contributed by atoms with Gasteiger partial charge in [0, 0.05) is 99.8 Å². The maximum absolute atomic E-state index is 14.4. The summed E-state index contributed by atoms with van der Waals surface area (Å²) in [4.78, 5) is 1.92. The van der Waals surface area contributed by atoms with Crippen LogP contribution in [0.5, 0.6) is 11.5 Å². The van der Waals surface area contributed by atoms with E-state index in [4.69, 9.17) is 14.2 Å². The molecule has 0 amide bonds. The van der Waals surface area contributed by atoms with Crippen LogP contribution >= 0.6 is 0 Å². The number of nitrogens with zero attached hydrogens (tertiary/aromatic N) is 5. The molecule has 3 aliphatic rings. The Hall–Kier alpha value is -6.90. The molecule has 0 bridgehead atoms. The summed E-state index contributed by atoms with van der Waals surface area (Å²) in [5.74, 6) is 11.7. The summed E-state index contributed by atoms with van der Waals surface area (Å²) in [6.07, 6.45) is -7.99. The van der Waals surface area contributed by atoms with E-state index < -0.39 is 65.2 Å². The smallest absolute Gasteiger partial charge is 0.406 e. The van der Waals surface area contributed by atoms with Crippen LogP contribution in [0.2, 0.25) is 0 Å². The quantitative estimate of drug-likeness (QED) is 0.0406. The summed E-state index contributed by atoms with van der Waals surface area (Å²) in [5.41, 5.74) is 3.12. The van der Waals surface area contributed by atoms with Crippen LogP contribution in [0.1, 0.15) is 42.6 Å². The zero-order chi connectivity index (χ0) is 64.1. The first-order valence-corrected chi connectivity index (χ1v) is 34.9. The Kier molecular flexibility index (Phi) is 20.4. The normalized spacial score (nSPS) is 17.2. The van der Waals surface area contributed by atoms with Gasteiger partial charge in [0.05, 0.1) is 101 Å². The highest BCUT2D eigenvalue weighted by Gasteiger charge is 2.35. The molecule has 0 spiro atoms. The van der Waals surface area contributed by atoms with Crippen LogP contribution in [0.25, 0.3) is 21.8 Å². The topological polar surface area (TPSA) is 232 Å². The molecular weight excluding hydrogens is 1250 g/mol. The number of likely N-dealkylation sites (N-methyl/N-ethyl adjacent to an activating group) is 1. The van der Waals surface area contributed by atoms with Gasteiger partial charge in [-0.1, -0.05) is 24.0 Å². The predicted octanol–water partition coefficient (Wildman–Crippen LogP) is 7.42. The van der Waals surface area contributed by atoms with Crippen LogP contribution in [-0.2, 0) is 64.1 Å². The highest BCUT2D eigenvalue weighted by Crippen LogP contribution is 2.37. The van der Waals surface area contributed by atoms with Crippen LogP contribution in [0.4, 0.5) is 49.1 Å². The number of anilines is 4. The highest BCUT2D eigenvalue weighted by atomic mass is 32.2. The number of fused-ring (bicyclic) bond motifs is 2. The summed E-state index contributed by atoms with van der Waals surface area (Å²) in [5, 5.41) is 13.8. The monoisotopic (exact) mass is 1320 g/mol. The molecule has 89 heavy (non-hydrogen) atoms. The van der Waals surface area contributed by atoms with E-state index in [1.165, 1.54) is 69.1 Å². The molecule has 20 nitrogen and oxygen atoms in total. The number of benzene rings is 4. The van der Waals surface area contributed by atoms with Gasteiger partial charge in [0.25, 0.3) is 0 Å². The van der Waals surface area contributed by atoms with E-state index in [-0.39, 0.29) is 145 Å². The number of aromatic nitrogens is 2. The summed E-state index contributed by atoms with van der Waals surface area (Å²) in [7, 11) is -8.82. The van der Waals surface area contributed by atoms with Crippen LogP contribution in [-0.4, -0.2) is 185 Å². The molecule has 9 rings (SSSR count). The van der Waals surface area contributed by atoms with E-state index in [2.05, 4.69) is 44.9 Å². The molecule has 3 aliphatic heterocycles. The molecule has 30 heteroatoms. The number of piperazine rings is 1. The molecule has 4 aromatic carbocycles. The van der Waals surface area contributed by atoms with Crippen molar-refractivity contribution in [2.45, 2.75) is 79.5 Å². The number of rotatable bonds is 21. The third-order valence-corrected chi connectivity index (χ3v) is 23.0. The average molecular weight is 1320 g/mol. The molecule has 0 unspecified atom stereocenters. The minimum Gasteiger partial charge on any atom is -0.495 e. The van der Waals surface area contributed by atoms with Crippen molar-refractivity contribution in [3.63, 3.8) is 0 Å². The van der Waals surface area contributed by atoms with Crippen molar-refractivity contribution in [2.24, 2.45) is 0 Å². The fraction of sp³-hybridized carbons (Fsp3) is 0.458. The van der Waals surface area contributed by atoms with Gasteiger partial charge in [-0.15, -0.1) is 0 Å². The van der Waals surface area contributed by atoms with Gasteiger partial charge in [-0.3, -0.25) is 4.90 Å². The van der Waals surface area contributed by atoms with Gasteiger partial charge < -0.3 is 44.6 Å². The Labute approximate surface area is 514 Å². The molecule has 0 radical (unpaired) electrons. The third kappa shape index (κ3) is 16.4. The molecule has 5 heterocycles. The minimum atomic E-state index is -4.66. The second kappa shape index (κ2) is 27.3. The first-order chi connectivity index (χ1) is 42.1. The van der Waals surface area contributed by atoms with Crippen LogP contribution in [0.15, 0.2) is 88.7 Å². The van der Waals surface area contributed by atoms with Crippen molar-refractivity contribution in [1.29, 1.82) is 0 Å². The van der Waals surface area contributed by atoms with Crippen molar-refractivity contribution in [3.05, 3.63) is 95.8 Å². The number of hydrogen-bond acceptors (Lipinski definition) is 16. The standard InChI is InChI=1S/C59H69F6N9O11S4/c1-70(28-29-83-2)88(79,80)46-13-15-51(55(36-46)84-3)66-23-7-9-45-35-49-54(74(45)40-59(63,64)65)17-12-41(57(49)69-43-20-32-87(77,78)33-21-43)38-71-24-26-72(27-25-71)89(81,82)47-14-16-52(56(37-47)85-4)67-22-6-8-44-34-48-50(68-42-18-30-86(75,76)31-19-42)10-5-11-53(48)73(44)39-58(60,61)62/h5,10-17,34-37,42-43,66-69H,18-33,38-40H2,1-4H3. The first kappa shape index (κ1) is 66.5. The molecule has 4 N–H and O–H groups in total. The van der Waals surface area contributed by atoms with Gasteiger partial charge in [0.15, 0.2) is 0 Å². The van der Waals surface area contributed by atoms with Crippen LogP contribution in [0, 0.1) is 23.7 Å². The molecule has 0 aliphatic carbocycles. The number of hydrogen-bond donors (Lipinski definition) is 4. The van der Waals surface area contributed by atoms with E-state index in [0.29, 0.717) is 57.4 Å². The highest BCUT2D eigenvalue weighted by molar-refractivity contribution is 7.91. The fourth-order valence-electron chi connectivity index (χ4n) is 11.0. The molecular formula is C59H69F6N9O11S4. The number of nitrogens with one attached hydrogen (secondary N) is 4. The molecule has 0 atom stereocenters. The van der Waals surface area contributed by atoms with Crippen LogP contribution < -0.4 is 30.7 Å². The first-order valence-electron chi connectivity index (χ1n) is 28.4. The molecule has 482 valence electrons. The summed E-state index contributed by atoms with van der Waals surface area (Å²) in [6.45, 7) is -1.64. The number of alkyl halides is 6. The van der Waals surface area contributed by atoms with E-state index in [1.54, 1.807) is 42.5 Å². The van der Waals surface area contributed by atoms with Crippen molar-refractivity contribution in [2.75, 3.05) is 125 Å². The number of sulfone groups is 2. The molecule has 2 aromatic heterocycles. The lowest BCUT2D eigenvalue weighted by Crippen LogP contribution is -2.48. The van der Waals surface area contributed by atoms with Crippen LogP contribution in [0.3, 0.4) is 0 Å². The van der Waals surface area contributed by atoms with E-state index in [0.717, 1.165) is 13.4 Å². The van der Waals surface area contributed by atoms with E-state index in [1.807, 2.05) is 4.90 Å². The second-order valence-electron chi connectivity index (χ2n) is 21.9. The lowest BCUT2D eigenvalue weighted by atomic mass is 10.0. The van der Waals surface area contributed by atoms with Gasteiger partial charge >= 0.3 is 12.4 Å². The van der Waals surface area contributed by atoms with Crippen molar-refractivity contribution in [1.82, 2.24) is 22.6 Å². The van der Waals surface area contributed by atoms with Crippen molar-refractivity contribution in [3.8, 4) is 35.2 Å². The largest absolute Gasteiger partial charge is 0.495 e. The zero-order valence-corrected chi connectivity index (χ0v) is 52.5. The summed E-state index contributed by atoms with van der Waals surface area (Å²) < 4.78 is 209. The Morgan fingerprint density at radius 1 is 0.618 bits per heavy atom. The molecule has 3 saturated heterocycles. The van der Waals surface area contributed by atoms with E-state index in [9.17, 15) is 60.0 Å². The molecule has 0 saturated carbocycles. The maximum atomic E-state index is 14.4. The predicted molar refractivity (Wildman–Crippen MR) is 329 cm³/mol. The SMILES string of the molecule is COCCN(C)S(=O)(=O)c1ccc(NCC#Cc2cc3c(NC4CCS(=O)(=O)CC4)c(CN4CCN(S(=O)(=O)c5ccc(NCC#Cc6cc7c(NC8CCS(=O)(=O)CC8)cccc7n6CC(F)(F)F)c(OC)c5)CC4)ccc3n2CC(F)(F)F)c(OC)c1.